The number of sulfonamides is 1. The van der Waals surface area contributed by atoms with E-state index in [9.17, 15) is 8.42 Å². The van der Waals surface area contributed by atoms with Gasteiger partial charge in [0.15, 0.2) is 0 Å². The molecule has 2 atom stereocenters. The van der Waals surface area contributed by atoms with Gasteiger partial charge in [-0.1, -0.05) is 42.0 Å². The summed E-state index contributed by atoms with van der Waals surface area (Å²) in [6.07, 6.45) is 0. The van der Waals surface area contributed by atoms with Crippen LogP contribution in [0.5, 0.6) is 0 Å². The molecule has 1 aliphatic heterocycles. The molecule has 0 aromatic heterocycles. The Morgan fingerprint density at radius 3 is 2.29 bits per heavy atom. The third kappa shape index (κ3) is 2.84. The Bertz CT molecular complexity index is 739. The average molecular weight is 322 g/mol. The Balaban J connectivity index is 1.81. The van der Waals surface area contributed by atoms with Crippen molar-refractivity contribution >= 4 is 21.6 Å². The van der Waals surface area contributed by atoms with Gasteiger partial charge in [-0.2, -0.15) is 4.31 Å². The smallest absolute Gasteiger partial charge is 0.207 e. The predicted octanol–water partition coefficient (Wildman–Crippen LogP) is 3.48. The van der Waals surface area contributed by atoms with Crippen LogP contribution in [-0.4, -0.2) is 19.3 Å². The van der Waals surface area contributed by atoms with Gasteiger partial charge in [0, 0.05) is 12.4 Å². The minimum Gasteiger partial charge on any atom is -0.207 e. The molecular formula is C16H16ClNO2S. The zero-order chi connectivity index (χ0) is 15.0. The Labute approximate surface area is 130 Å². The lowest BCUT2D eigenvalue weighted by Gasteiger charge is -2.07. The second-order valence-corrected chi connectivity index (χ2v) is 7.44. The normalized spacial score (nSPS) is 21.2. The van der Waals surface area contributed by atoms with Gasteiger partial charge >= 0.3 is 0 Å². The molecule has 2 aromatic carbocycles. The number of rotatable bonds is 4. The Morgan fingerprint density at radius 2 is 1.71 bits per heavy atom. The van der Waals surface area contributed by atoms with Crippen molar-refractivity contribution < 1.29 is 8.42 Å². The van der Waals surface area contributed by atoms with E-state index in [4.69, 9.17) is 11.6 Å². The molecule has 1 fully saturated rings. The average Bonchev–Trinajstić information content (AvgIpc) is 3.29. The van der Waals surface area contributed by atoms with Gasteiger partial charge in [-0.05, 0) is 30.2 Å². The van der Waals surface area contributed by atoms with Crippen molar-refractivity contribution in [2.75, 3.05) is 6.54 Å². The van der Waals surface area contributed by atoms with Gasteiger partial charge in [-0.3, -0.25) is 0 Å². The minimum atomic E-state index is -3.39. The van der Waals surface area contributed by atoms with E-state index < -0.39 is 10.0 Å². The van der Waals surface area contributed by atoms with E-state index in [0.29, 0.717) is 17.3 Å². The summed E-state index contributed by atoms with van der Waals surface area (Å²) >= 11 is 5.76. The summed E-state index contributed by atoms with van der Waals surface area (Å²) in [6.45, 7) is 2.48. The van der Waals surface area contributed by atoms with Crippen LogP contribution in [0.1, 0.15) is 22.7 Å². The highest BCUT2D eigenvalue weighted by Gasteiger charge is 2.45. The van der Waals surface area contributed by atoms with E-state index in [1.54, 1.807) is 12.1 Å². The van der Waals surface area contributed by atoms with E-state index >= 15 is 0 Å². The lowest BCUT2D eigenvalue weighted by Crippen LogP contribution is -2.12. The quantitative estimate of drug-likeness (QED) is 0.638. The largest absolute Gasteiger partial charge is 0.243 e. The molecule has 0 spiro atoms. The summed E-state index contributed by atoms with van der Waals surface area (Å²) in [5.74, 6) is 0.469. The number of hydrogen-bond donors (Lipinski definition) is 0. The molecule has 3 nitrogen and oxygen atoms in total. The zero-order valence-corrected chi connectivity index (χ0v) is 13.2. The van der Waals surface area contributed by atoms with Gasteiger partial charge in [0.2, 0.25) is 10.0 Å². The van der Waals surface area contributed by atoms with Crippen molar-refractivity contribution in [3.63, 3.8) is 0 Å². The van der Waals surface area contributed by atoms with Crippen LogP contribution in [0.4, 0.5) is 0 Å². The first kappa shape index (κ1) is 14.6. The SMILES string of the molecule is Cc1ccc(S(=O)(=O)N2CC2c2ccc(CCl)cc2)cc1. The topological polar surface area (TPSA) is 37.1 Å². The molecule has 0 radical (unpaired) electrons. The fourth-order valence-electron chi connectivity index (χ4n) is 2.34. The Morgan fingerprint density at radius 1 is 1.10 bits per heavy atom. The molecule has 0 N–H and O–H groups in total. The zero-order valence-electron chi connectivity index (χ0n) is 11.7. The summed E-state index contributed by atoms with van der Waals surface area (Å²) in [4.78, 5) is 0.355. The summed E-state index contributed by atoms with van der Waals surface area (Å²) in [6, 6.07) is 14.7. The van der Waals surface area contributed by atoms with E-state index in [2.05, 4.69) is 0 Å². The molecule has 21 heavy (non-hydrogen) atoms. The summed E-state index contributed by atoms with van der Waals surface area (Å²) in [5, 5.41) is 0. The summed E-state index contributed by atoms with van der Waals surface area (Å²) in [5.41, 5.74) is 3.10. The number of alkyl halides is 1. The van der Waals surface area contributed by atoms with Crippen LogP contribution in [0.2, 0.25) is 0 Å². The molecule has 5 heteroatoms. The lowest BCUT2D eigenvalue weighted by atomic mass is 10.1. The van der Waals surface area contributed by atoms with Crippen LogP contribution in [0, 0.1) is 6.92 Å². The van der Waals surface area contributed by atoms with Crippen molar-refractivity contribution in [3.05, 3.63) is 65.2 Å². The van der Waals surface area contributed by atoms with Crippen molar-refractivity contribution in [1.29, 1.82) is 0 Å². The number of hydrogen-bond acceptors (Lipinski definition) is 2. The van der Waals surface area contributed by atoms with Gasteiger partial charge < -0.3 is 0 Å². The van der Waals surface area contributed by atoms with Crippen LogP contribution >= 0.6 is 11.6 Å². The Kier molecular flexibility index (Phi) is 3.78. The van der Waals surface area contributed by atoms with Gasteiger partial charge in [-0.15, -0.1) is 11.6 Å². The molecule has 3 rings (SSSR count). The fourth-order valence-corrected chi connectivity index (χ4v) is 4.06. The van der Waals surface area contributed by atoms with Crippen molar-refractivity contribution in [2.24, 2.45) is 0 Å². The molecule has 1 heterocycles. The molecule has 1 saturated heterocycles. The molecule has 110 valence electrons. The number of aryl methyl sites for hydroxylation is 1. The van der Waals surface area contributed by atoms with E-state index in [0.717, 1.165) is 16.7 Å². The van der Waals surface area contributed by atoms with Crippen molar-refractivity contribution in [1.82, 2.24) is 4.31 Å². The van der Waals surface area contributed by atoms with Gasteiger partial charge in [0.1, 0.15) is 0 Å². The van der Waals surface area contributed by atoms with E-state index in [-0.39, 0.29) is 6.04 Å². The van der Waals surface area contributed by atoms with Crippen LogP contribution < -0.4 is 0 Å². The van der Waals surface area contributed by atoms with E-state index in [1.807, 2.05) is 43.3 Å². The third-order valence-corrected chi connectivity index (χ3v) is 5.91. The number of halogens is 1. The van der Waals surface area contributed by atoms with Crippen LogP contribution in [0.3, 0.4) is 0 Å². The van der Waals surface area contributed by atoms with E-state index in [1.165, 1.54) is 4.31 Å². The molecule has 0 aliphatic carbocycles. The first-order valence-corrected chi connectivity index (χ1v) is 8.73. The number of benzene rings is 2. The van der Waals surface area contributed by atoms with Crippen molar-refractivity contribution in [2.45, 2.75) is 23.7 Å². The standard InChI is InChI=1S/C16H16ClNO2S/c1-12-2-8-15(9-3-12)21(19,20)18-11-16(18)14-6-4-13(10-17)5-7-14/h2-9,16H,10-11H2,1H3. The van der Waals surface area contributed by atoms with Gasteiger partial charge in [0.25, 0.3) is 0 Å². The molecule has 0 saturated carbocycles. The maximum atomic E-state index is 12.5. The molecule has 0 amide bonds. The highest BCUT2D eigenvalue weighted by atomic mass is 35.5. The van der Waals surface area contributed by atoms with Crippen LogP contribution in [0.25, 0.3) is 0 Å². The van der Waals surface area contributed by atoms with Crippen molar-refractivity contribution in [3.8, 4) is 0 Å². The Hall–Kier alpha value is -1.36. The molecule has 2 aromatic rings. The highest BCUT2D eigenvalue weighted by molar-refractivity contribution is 7.89. The van der Waals surface area contributed by atoms with Gasteiger partial charge in [-0.25, -0.2) is 8.42 Å². The maximum absolute atomic E-state index is 12.5. The highest BCUT2D eigenvalue weighted by Crippen LogP contribution is 2.40. The summed E-state index contributed by atoms with van der Waals surface area (Å²) in [7, 11) is -3.39. The third-order valence-electron chi connectivity index (χ3n) is 3.71. The predicted molar refractivity (Wildman–Crippen MR) is 83.8 cm³/mol. The second kappa shape index (κ2) is 5.44. The van der Waals surface area contributed by atoms with Gasteiger partial charge in [0.05, 0.1) is 10.9 Å². The first-order valence-electron chi connectivity index (χ1n) is 6.75. The molecule has 0 bridgehead atoms. The molecule has 1 aliphatic rings. The molecular weight excluding hydrogens is 306 g/mol. The lowest BCUT2D eigenvalue weighted by molar-refractivity contribution is 0.554. The minimum absolute atomic E-state index is 0.0549. The van der Waals surface area contributed by atoms with Crippen LogP contribution in [-0.2, 0) is 15.9 Å². The molecule has 2 unspecified atom stereocenters. The second-order valence-electron chi connectivity index (χ2n) is 5.28. The van der Waals surface area contributed by atoms with Crippen LogP contribution in [0.15, 0.2) is 53.4 Å². The number of nitrogens with zero attached hydrogens (tertiary/aromatic N) is 1. The monoisotopic (exact) mass is 321 g/mol. The summed E-state index contributed by atoms with van der Waals surface area (Å²) < 4.78 is 26.6. The maximum Gasteiger partial charge on any atom is 0.243 e. The first-order chi connectivity index (χ1) is 10.0. The fraction of sp³-hybridized carbons (Fsp3) is 0.250.